The van der Waals surface area contributed by atoms with E-state index in [1.54, 1.807) is 0 Å². The van der Waals surface area contributed by atoms with Gasteiger partial charge in [-0.15, -0.1) is 0 Å². The summed E-state index contributed by atoms with van der Waals surface area (Å²) in [6.45, 7) is 7.89. The predicted molar refractivity (Wildman–Crippen MR) is 123 cm³/mol. The Hall–Kier alpha value is -3.27. The first kappa shape index (κ1) is 20.0. The molecule has 0 radical (unpaired) electrons. The molecule has 0 saturated carbocycles. The molecule has 3 aromatic carbocycles. The highest BCUT2D eigenvalue weighted by atomic mass is 16.5. The van der Waals surface area contributed by atoms with E-state index in [0.29, 0.717) is 25.3 Å². The van der Waals surface area contributed by atoms with E-state index < -0.39 is 0 Å². The number of para-hydroxylation sites is 1. The maximum Gasteiger partial charge on any atom is 0.258 e. The number of hydrogen-bond acceptors (Lipinski definition) is 3. The third-order valence-electron chi connectivity index (χ3n) is 5.30. The predicted octanol–water partition coefficient (Wildman–Crippen LogP) is 5.93. The van der Waals surface area contributed by atoms with Crippen molar-refractivity contribution in [3.8, 4) is 11.5 Å². The minimum atomic E-state index is 0.0402. The van der Waals surface area contributed by atoms with Crippen LogP contribution in [0.2, 0.25) is 0 Å². The second kappa shape index (κ2) is 8.62. The fourth-order valence-electron chi connectivity index (χ4n) is 4.02. The minimum Gasteiger partial charge on any atom is -0.494 e. The fourth-order valence-corrected chi connectivity index (χ4v) is 4.02. The molecule has 4 nitrogen and oxygen atoms in total. The van der Waals surface area contributed by atoms with Crippen molar-refractivity contribution in [2.24, 2.45) is 0 Å². The van der Waals surface area contributed by atoms with Crippen molar-refractivity contribution in [3.63, 3.8) is 0 Å². The highest BCUT2D eigenvalue weighted by Crippen LogP contribution is 2.40. The topological polar surface area (TPSA) is 38.8 Å². The van der Waals surface area contributed by atoms with Crippen LogP contribution in [-0.2, 0) is 4.79 Å². The van der Waals surface area contributed by atoms with Crippen molar-refractivity contribution >= 4 is 34.0 Å². The molecule has 1 amide bonds. The van der Waals surface area contributed by atoms with Crippen LogP contribution in [0.1, 0.15) is 38.3 Å². The first-order valence-electron chi connectivity index (χ1n) is 10.6. The van der Waals surface area contributed by atoms with Gasteiger partial charge in [-0.2, -0.15) is 0 Å². The summed E-state index contributed by atoms with van der Waals surface area (Å²) in [5, 5.41) is 2.09. The van der Waals surface area contributed by atoms with Gasteiger partial charge in [-0.3, -0.25) is 4.79 Å². The number of carbonyl (C=O) groups is 1. The van der Waals surface area contributed by atoms with Crippen LogP contribution in [-0.4, -0.2) is 25.7 Å². The Morgan fingerprint density at radius 2 is 1.70 bits per heavy atom. The lowest BCUT2D eigenvalue weighted by Crippen LogP contribution is -2.26. The summed E-state index contributed by atoms with van der Waals surface area (Å²) in [5.41, 5.74) is 3.56. The van der Waals surface area contributed by atoms with E-state index in [0.717, 1.165) is 45.5 Å². The summed E-state index contributed by atoms with van der Waals surface area (Å²) < 4.78 is 11.7. The van der Waals surface area contributed by atoms with E-state index in [4.69, 9.17) is 9.47 Å². The number of anilines is 1. The van der Waals surface area contributed by atoms with E-state index in [-0.39, 0.29) is 5.91 Å². The van der Waals surface area contributed by atoms with Gasteiger partial charge in [-0.1, -0.05) is 37.3 Å². The zero-order valence-corrected chi connectivity index (χ0v) is 17.8. The molecule has 0 spiro atoms. The molecule has 0 N–H and O–H groups in total. The highest BCUT2D eigenvalue weighted by Gasteiger charge is 2.31. The normalized spacial score (nSPS) is 14.4. The molecule has 0 aliphatic carbocycles. The van der Waals surface area contributed by atoms with Gasteiger partial charge in [0.2, 0.25) is 0 Å². The van der Waals surface area contributed by atoms with Gasteiger partial charge < -0.3 is 14.4 Å². The van der Waals surface area contributed by atoms with Crippen LogP contribution in [0.4, 0.5) is 5.69 Å². The summed E-state index contributed by atoms with van der Waals surface area (Å²) in [6.07, 6.45) is 2.89. The Balaban J connectivity index is 1.93. The summed E-state index contributed by atoms with van der Waals surface area (Å²) in [6, 6.07) is 18.1. The first-order valence-corrected chi connectivity index (χ1v) is 10.6. The lowest BCUT2D eigenvalue weighted by molar-refractivity contribution is -0.113. The number of ether oxygens (including phenoxy) is 2. The van der Waals surface area contributed by atoms with Crippen molar-refractivity contribution in [1.82, 2.24) is 0 Å². The maximum absolute atomic E-state index is 13.3. The number of fused-ring (bicyclic) bond motifs is 2. The molecule has 0 bridgehead atoms. The van der Waals surface area contributed by atoms with Crippen LogP contribution in [0, 0.1) is 0 Å². The Labute approximate surface area is 177 Å². The van der Waals surface area contributed by atoms with E-state index in [2.05, 4.69) is 6.92 Å². The molecule has 3 aromatic rings. The molecule has 1 aliphatic heterocycles. The van der Waals surface area contributed by atoms with Crippen LogP contribution in [0.25, 0.3) is 22.4 Å². The summed E-state index contributed by atoms with van der Waals surface area (Å²) in [5.74, 6) is 1.62. The number of carbonyl (C=O) groups excluding carboxylic acids is 1. The van der Waals surface area contributed by atoms with Crippen molar-refractivity contribution < 1.29 is 14.3 Å². The molecule has 4 rings (SSSR count). The average molecular weight is 402 g/mol. The number of benzene rings is 3. The Kier molecular flexibility index (Phi) is 5.75. The maximum atomic E-state index is 13.3. The van der Waals surface area contributed by atoms with Crippen molar-refractivity contribution in [2.75, 3.05) is 24.7 Å². The first-order chi connectivity index (χ1) is 14.7. The van der Waals surface area contributed by atoms with Crippen LogP contribution < -0.4 is 14.4 Å². The second-order valence-electron chi connectivity index (χ2n) is 7.26. The molecule has 0 unspecified atom stereocenters. The van der Waals surface area contributed by atoms with Crippen molar-refractivity contribution in [3.05, 3.63) is 65.7 Å². The van der Waals surface area contributed by atoms with Crippen LogP contribution >= 0.6 is 0 Å². The summed E-state index contributed by atoms with van der Waals surface area (Å²) >= 11 is 0. The van der Waals surface area contributed by atoms with Gasteiger partial charge in [0, 0.05) is 23.2 Å². The third kappa shape index (κ3) is 3.54. The largest absolute Gasteiger partial charge is 0.494 e. The van der Waals surface area contributed by atoms with E-state index >= 15 is 0 Å². The molecule has 30 heavy (non-hydrogen) atoms. The number of amides is 1. The number of rotatable bonds is 7. The molecular formula is C26H27NO3. The lowest BCUT2D eigenvalue weighted by Gasteiger charge is -2.15. The van der Waals surface area contributed by atoms with E-state index in [1.807, 2.05) is 79.4 Å². The molecule has 1 heterocycles. The molecule has 0 aromatic heterocycles. The Morgan fingerprint density at radius 1 is 0.933 bits per heavy atom. The monoisotopic (exact) mass is 401 g/mol. The summed E-state index contributed by atoms with van der Waals surface area (Å²) in [4.78, 5) is 15.2. The van der Waals surface area contributed by atoms with Gasteiger partial charge in [0.05, 0.1) is 18.9 Å². The average Bonchev–Trinajstić information content (AvgIpc) is 3.02. The van der Waals surface area contributed by atoms with Crippen LogP contribution in [0.5, 0.6) is 11.5 Å². The fraction of sp³-hybridized carbons (Fsp3) is 0.269. The molecular weight excluding hydrogens is 374 g/mol. The molecule has 0 atom stereocenters. The molecule has 4 heteroatoms. The van der Waals surface area contributed by atoms with Gasteiger partial charge >= 0.3 is 0 Å². The van der Waals surface area contributed by atoms with Gasteiger partial charge in [0.15, 0.2) is 0 Å². The number of nitrogens with zero attached hydrogens (tertiary/aromatic N) is 1. The molecule has 0 fully saturated rings. The smallest absolute Gasteiger partial charge is 0.258 e. The van der Waals surface area contributed by atoms with Crippen molar-refractivity contribution in [2.45, 2.75) is 27.2 Å². The van der Waals surface area contributed by atoms with Gasteiger partial charge in [0.1, 0.15) is 11.5 Å². The van der Waals surface area contributed by atoms with Crippen LogP contribution in [0.15, 0.2) is 54.6 Å². The van der Waals surface area contributed by atoms with Gasteiger partial charge in [-0.25, -0.2) is 0 Å². The van der Waals surface area contributed by atoms with E-state index in [9.17, 15) is 4.79 Å². The zero-order chi connectivity index (χ0) is 21.1. The third-order valence-corrected chi connectivity index (χ3v) is 5.30. The second-order valence-corrected chi connectivity index (χ2v) is 7.26. The summed E-state index contributed by atoms with van der Waals surface area (Å²) in [7, 11) is 0. The van der Waals surface area contributed by atoms with Gasteiger partial charge in [0.25, 0.3) is 5.91 Å². The molecule has 154 valence electrons. The SMILES string of the molecule is CCCN1C(=O)/C(=C\c2c(OCC)ccc3ccc(OCC)cc23)c2ccccc21. The quantitative estimate of drug-likeness (QED) is 0.460. The standard InChI is InChI=1S/C26H27NO3/c1-4-15-27-24-10-8-7-9-20(24)23(26(27)28)17-22-21-16-19(29-5-2)13-11-18(21)12-14-25(22)30-6-3/h7-14,16-17H,4-6,15H2,1-3H3/b23-17-. The Bertz CT molecular complexity index is 1110. The van der Waals surface area contributed by atoms with E-state index in [1.165, 1.54) is 0 Å². The van der Waals surface area contributed by atoms with Crippen LogP contribution in [0.3, 0.4) is 0 Å². The lowest BCUT2D eigenvalue weighted by atomic mass is 9.98. The van der Waals surface area contributed by atoms with Crippen molar-refractivity contribution in [1.29, 1.82) is 0 Å². The Morgan fingerprint density at radius 3 is 2.47 bits per heavy atom. The highest BCUT2D eigenvalue weighted by molar-refractivity contribution is 6.36. The zero-order valence-electron chi connectivity index (χ0n) is 17.8. The number of hydrogen-bond donors (Lipinski definition) is 0. The minimum absolute atomic E-state index is 0.0402. The van der Waals surface area contributed by atoms with Gasteiger partial charge in [-0.05, 0) is 61.4 Å². The molecule has 1 aliphatic rings. The molecule has 0 saturated heterocycles.